The fourth-order valence-corrected chi connectivity index (χ4v) is 2.49. The number of hydrogen-bond acceptors (Lipinski definition) is 2. The molecule has 2 aromatic carbocycles. The monoisotopic (exact) mass is 324 g/mol. The first-order valence-corrected chi connectivity index (χ1v) is 8.13. The molecule has 24 heavy (non-hydrogen) atoms. The van der Waals surface area contributed by atoms with Gasteiger partial charge in [0.2, 0.25) is 5.91 Å². The molecule has 0 aliphatic carbocycles. The number of benzene rings is 2. The molecule has 0 atom stereocenters. The van der Waals surface area contributed by atoms with E-state index in [1.54, 1.807) is 24.3 Å². The molecule has 0 saturated heterocycles. The second kappa shape index (κ2) is 7.77. The van der Waals surface area contributed by atoms with Gasteiger partial charge in [-0.25, -0.2) is 0 Å². The normalized spacial score (nSPS) is 10.5. The van der Waals surface area contributed by atoms with Gasteiger partial charge in [0.15, 0.2) is 0 Å². The summed E-state index contributed by atoms with van der Waals surface area (Å²) >= 11 is 0. The minimum Gasteiger partial charge on any atom is -0.326 e. The summed E-state index contributed by atoms with van der Waals surface area (Å²) in [5.74, 6) is 0.183. The molecule has 0 fully saturated rings. The van der Waals surface area contributed by atoms with Crippen LogP contribution in [-0.2, 0) is 4.79 Å². The number of anilines is 2. The fourth-order valence-electron chi connectivity index (χ4n) is 2.49. The first kappa shape index (κ1) is 17.7. The van der Waals surface area contributed by atoms with Gasteiger partial charge >= 0.3 is 0 Å². The Morgan fingerprint density at radius 2 is 1.50 bits per heavy atom. The summed E-state index contributed by atoms with van der Waals surface area (Å²) in [6.45, 7) is 7.94. The van der Waals surface area contributed by atoms with Gasteiger partial charge in [-0.05, 0) is 55.7 Å². The highest BCUT2D eigenvalue weighted by molar-refractivity contribution is 6.05. The Morgan fingerprint density at radius 1 is 0.917 bits per heavy atom. The second-order valence-electron chi connectivity index (χ2n) is 6.50. The number of nitrogens with one attached hydrogen (secondary N) is 2. The van der Waals surface area contributed by atoms with Crippen LogP contribution in [0.3, 0.4) is 0 Å². The number of amides is 2. The molecule has 0 aliphatic heterocycles. The molecule has 2 rings (SSSR count). The number of carbonyl (C=O) groups is 2. The highest BCUT2D eigenvalue weighted by Crippen LogP contribution is 2.17. The summed E-state index contributed by atoms with van der Waals surface area (Å²) in [4.78, 5) is 24.1. The molecule has 2 aromatic rings. The van der Waals surface area contributed by atoms with Crippen LogP contribution < -0.4 is 10.6 Å². The van der Waals surface area contributed by atoms with Gasteiger partial charge in [0.25, 0.3) is 5.91 Å². The van der Waals surface area contributed by atoms with Crippen molar-refractivity contribution < 1.29 is 9.59 Å². The molecule has 2 amide bonds. The molecule has 4 nitrogen and oxygen atoms in total. The van der Waals surface area contributed by atoms with E-state index in [0.717, 1.165) is 16.8 Å². The van der Waals surface area contributed by atoms with E-state index in [4.69, 9.17) is 0 Å². The van der Waals surface area contributed by atoms with E-state index in [2.05, 4.69) is 10.6 Å². The molecular formula is C20H24N2O2. The van der Waals surface area contributed by atoms with Crippen LogP contribution in [0.4, 0.5) is 11.4 Å². The summed E-state index contributed by atoms with van der Waals surface area (Å²) in [5, 5.41) is 5.73. The maximum atomic E-state index is 12.3. The van der Waals surface area contributed by atoms with E-state index >= 15 is 0 Å². The van der Waals surface area contributed by atoms with Crippen LogP contribution in [0.1, 0.15) is 41.8 Å². The molecule has 0 heterocycles. The fraction of sp³-hybridized carbons (Fsp3) is 0.300. The summed E-state index contributed by atoms with van der Waals surface area (Å²) in [6.07, 6.45) is 0.491. The topological polar surface area (TPSA) is 58.2 Å². The lowest BCUT2D eigenvalue weighted by Gasteiger charge is -2.10. The largest absolute Gasteiger partial charge is 0.326 e. The summed E-state index contributed by atoms with van der Waals surface area (Å²) in [5.41, 5.74) is 4.16. The number of carbonyl (C=O) groups excluding carboxylic acids is 2. The van der Waals surface area contributed by atoms with Crippen molar-refractivity contribution in [2.45, 2.75) is 34.1 Å². The van der Waals surface area contributed by atoms with Crippen LogP contribution in [0.2, 0.25) is 0 Å². The van der Waals surface area contributed by atoms with Gasteiger partial charge in [0, 0.05) is 23.4 Å². The van der Waals surface area contributed by atoms with Gasteiger partial charge in [0.05, 0.1) is 0 Å². The third-order valence-corrected chi connectivity index (χ3v) is 3.65. The standard InChI is InChI=1S/C20H24N2O2/c1-13(2)11-19(23)21-16-6-8-17(9-7-16)22-20(24)18-10-5-14(3)12-15(18)4/h5-10,12-13H,11H2,1-4H3,(H,21,23)(H,22,24). The first-order valence-electron chi connectivity index (χ1n) is 8.13. The molecule has 0 unspecified atom stereocenters. The number of aryl methyl sites for hydroxylation is 2. The molecule has 0 saturated carbocycles. The zero-order valence-electron chi connectivity index (χ0n) is 14.6. The molecule has 0 spiro atoms. The molecule has 0 radical (unpaired) electrons. The highest BCUT2D eigenvalue weighted by Gasteiger charge is 2.10. The average molecular weight is 324 g/mol. The van der Waals surface area contributed by atoms with Crippen molar-refractivity contribution in [2.75, 3.05) is 10.6 Å². The van der Waals surface area contributed by atoms with Crippen molar-refractivity contribution in [2.24, 2.45) is 5.92 Å². The maximum absolute atomic E-state index is 12.3. The van der Waals surface area contributed by atoms with Gasteiger partial charge < -0.3 is 10.6 Å². The van der Waals surface area contributed by atoms with E-state index in [0.29, 0.717) is 23.6 Å². The summed E-state index contributed by atoms with van der Waals surface area (Å²) < 4.78 is 0. The minimum absolute atomic E-state index is 0.00272. The quantitative estimate of drug-likeness (QED) is 0.848. The average Bonchev–Trinajstić information content (AvgIpc) is 2.48. The van der Waals surface area contributed by atoms with E-state index < -0.39 is 0 Å². The molecule has 0 bridgehead atoms. The summed E-state index contributed by atoms with van der Waals surface area (Å²) in [7, 11) is 0. The lowest BCUT2D eigenvalue weighted by atomic mass is 10.1. The second-order valence-corrected chi connectivity index (χ2v) is 6.50. The van der Waals surface area contributed by atoms with E-state index in [1.807, 2.05) is 45.9 Å². The molecular weight excluding hydrogens is 300 g/mol. The number of hydrogen-bond donors (Lipinski definition) is 2. The van der Waals surface area contributed by atoms with Crippen LogP contribution in [0, 0.1) is 19.8 Å². The lowest BCUT2D eigenvalue weighted by molar-refractivity contribution is -0.116. The molecule has 0 aromatic heterocycles. The molecule has 126 valence electrons. The summed E-state index contributed by atoms with van der Waals surface area (Å²) in [6, 6.07) is 12.9. The smallest absolute Gasteiger partial charge is 0.255 e. The third kappa shape index (κ3) is 4.95. The van der Waals surface area contributed by atoms with Gasteiger partial charge in [0.1, 0.15) is 0 Å². The van der Waals surface area contributed by atoms with Crippen molar-refractivity contribution in [1.82, 2.24) is 0 Å². The van der Waals surface area contributed by atoms with Crippen molar-refractivity contribution >= 4 is 23.2 Å². The predicted molar refractivity (Wildman–Crippen MR) is 98.4 cm³/mol. The first-order chi connectivity index (χ1) is 11.3. The third-order valence-electron chi connectivity index (χ3n) is 3.65. The van der Waals surface area contributed by atoms with Crippen molar-refractivity contribution in [1.29, 1.82) is 0 Å². The van der Waals surface area contributed by atoms with E-state index in [1.165, 1.54) is 0 Å². The van der Waals surface area contributed by atoms with Crippen LogP contribution in [0.15, 0.2) is 42.5 Å². The Labute approximate surface area is 143 Å². The Balaban J connectivity index is 2.01. The van der Waals surface area contributed by atoms with Crippen LogP contribution in [0.5, 0.6) is 0 Å². The van der Waals surface area contributed by atoms with Crippen molar-refractivity contribution in [3.8, 4) is 0 Å². The van der Waals surface area contributed by atoms with Crippen molar-refractivity contribution in [3.05, 3.63) is 59.2 Å². The zero-order chi connectivity index (χ0) is 17.7. The van der Waals surface area contributed by atoms with Crippen LogP contribution >= 0.6 is 0 Å². The van der Waals surface area contributed by atoms with Crippen molar-refractivity contribution in [3.63, 3.8) is 0 Å². The van der Waals surface area contributed by atoms with E-state index in [-0.39, 0.29) is 11.8 Å². The Kier molecular flexibility index (Phi) is 5.74. The van der Waals surface area contributed by atoms with Crippen LogP contribution in [-0.4, -0.2) is 11.8 Å². The number of rotatable bonds is 5. The molecule has 2 N–H and O–H groups in total. The highest BCUT2D eigenvalue weighted by atomic mass is 16.2. The predicted octanol–water partition coefficient (Wildman–Crippen LogP) is 4.54. The van der Waals surface area contributed by atoms with Crippen LogP contribution in [0.25, 0.3) is 0 Å². The maximum Gasteiger partial charge on any atom is 0.255 e. The minimum atomic E-state index is -0.135. The van der Waals surface area contributed by atoms with Gasteiger partial charge in [-0.2, -0.15) is 0 Å². The van der Waals surface area contributed by atoms with E-state index in [9.17, 15) is 9.59 Å². The SMILES string of the molecule is Cc1ccc(C(=O)Nc2ccc(NC(=O)CC(C)C)cc2)c(C)c1. The molecule has 4 heteroatoms. The Hall–Kier alpha value is -2.62. The zero-order valence-corrected chi connectivity index (χ0v) is 14.6. The van der Waals surface area contributed by atoms with Gasteiger partial charge in [-0.15, -0.1) is 0 Å². The lowest BCUT2D eigenvalue weighted by Crippen LogP contribution is -2.15. The Bertz CT molecular complexity index is 734. The van der Waals surface area contributed by atoms with Gasteiger partial charge in [-0.1, -0.05) is 31.5 Å². The molecule has 0 aliphatic rings. The van der Waals surface area contributed by atoms with Gasteiger partial charge in [-0.3, -0.25) is 9.59 Å². The Morgan fingerprint density at radius 3 is 2.04 bits per heavy atom.